The standard InChI is InChI=1S/C12H27N3O/c1-3-15-7-5-12(10-13,6-8-15)14-11(2)4-9-16/h11,14,16H,3-10,13H2,1-2H3. The van der Waals surface area contributed by atoms with Crippen molar-refractivity contribution in [3.8, 4) is 0 Å². The smallest absolute Gasteiger partial charge is 0.0445 e. The lowest BCUT2D eigenvalue weighted by atomic mass is 9.86. The number of hydrogen-bond donors (Lipinski definition) is 3. The Morgan fingerprint density at radius 2 is 2.06 bits per heavy atom. The molecule has 0 aromatic carbocycles. The fourth-order valence-corrected chi connectivity index (χ4v) is 2.49. The van der Waals surface area contributed by atoms with Gasteiger partial charge in [0.15, 0.2) is 0 Å². The summed E-state index contributed by atoms with van der Waals surface area (Å²) in [5.74, 6) is 0. The van der Waals surface area contributed by atoms with E-state index in [-0.39, 0.29) is 12.1 Å². The Kier molecular flexibility index (Phi) is 5.69. The minimum atomic E-state index is 0.0975. The van der Waals surface area contributed by atoms with Crippen LogP contribution in [0.2, 0.25) is 0 Å². The second-order valence-corrected chi connectivity index (χ2v) is 4.98. The number of nitrogens with two attached hydrogens (primary N) is 1. The molecular formula is C12H27N3O. The van der Waals surface area contributed by atoms with E-state index >= 15 is 0 Å². The average Bonchev–Trinajstić information content (AvgIpc) is 2.30. The summed E-state index contributed by atoms with van der Waals surface area (Å²) in [4.78, 5) is 2.46. The van der Waals surface area contributed by atoms with E-state index in [1.54, 1.807) is 0 Å². The van der Waals surface area contributed by atoms with Gasteiger partial charge in [-0.2, -0.15) is 0 Å². The topological polar surface area (TPSA) is 61.5 Å². The number of nitrogens with one attached hydrogen (secondary N) is 1. The Morgan fingerprint density at radius 3 is 2.50 bits per heavy atom. The predicted octanol–water partition coefficient (Wildman–Crippen LogP) is 0.160. The lowest BCUT2D eigenvalue weighted by Crippen LogP contribution is -2.59. The molecule has 0 spiro atoms. The first-order valence-corrected chi connectivity index (χ1v) is 6.47. The van der Waals surface area contributed by atoms with Crippen molar-refractivity contribution in [3.05, 3.63) is 0 Å². The summed E-state index contributed by atoms with van der Waals surface area (Å²) in [6, 6.07) is 0.349. The van der Waals surface area contributed by atoms with Crippen LogP contribution in [0.25, 0.3) is 0 Å². The second-order valence-electron chi connectivity index (χ2n) is 4.98. The molecule has 0 aromatic rings. The highest BCUT2D eigenvalue weighted by Gasteiger charge is 2.33. The molecular weight excluding hydrogens is 202 g/mol. The lowest BCUT2D eigenvalue weighted by Gasteiger charge is -2.43. The van der Waals surface area contributed by atoms with E-state index < -0.39 is 0 Å². The number of aliphatic hydroxyl groups is 1. The Balaban J connectivity index is 2.45. The summed E-state index contributed by atoms with van der Waals surface area (Å²) in [6.07, 6.45) is 3.04. The summed E-state index contributed by atoms with van der Waals surface area (Å²) in [5.41, 5.74) is 6.02. The first-order valence-electron chi connectivity index (χ1n) is 6.47. The largest absolute Gasteiger partial charge is 0.396 e. The van der Waals surface area contributed by atoms with Gasteiger partial charge in [0.05, 0.1) is 0 Å². The zero-order chi connectivity index (χ0) is 12.0. The molecule has 0 aliphatic carbocycles. The molecule has 1 fully saturated rings. The molecule has 96 valence electrons. The fraction of sp³-hybridized carbons (Fsp3) is 1.00. The third-order valence-electron chi connectivity index (χ3n) is 3.77. The summed E-state index contributed by atoms with van der Waals surface area (Å²) >= 11 is 0. The van der Waals surface area contributed by atoms with Crippen LogP contribution in [-0.2, 0) is 0 Å². The van der Waals surface area contributed by atoms with Crippen LogP contribution in [0, 0.1) is 0 Å². The zero-order valence-electron chi connectivity index (χ0n) is 10.7. The Bertz CT molecular complexity index is 191. The highest BCUT2D eigenvalue weighted by molar-refractivity contribution is 4.95. The van der Waals surface area contributed by atoms with Gasteiger partial charge >= 0.3 is 0 Å². The van der Waals surface area contributed by atoms with Crippen molar-refractivity contribution >= 4 is 0 Å². The number of piperidine rings is 1. The van der Waals surface area contributed by atoms with E-state index in [2.05, 4.69) is 24.1 Å². The highest BCUT2D eigenvalue weighted by Crippen LogP contribution is 2.22. The van der Waals surface area contributed by atoms with E-state index in [1.807, 2.05) is 0 Å². The molecule has 1 aliphatic heterocycles. The molecule has 1 heterocycles. The molecule has 4 nitrogen and oxygen atoms in total. The van der Waals surface area contributed by atoms with Gasteiger partial charge in [0.1, 0.15) is 0 Å². The van der Waals surface area contributed by atoms with Gasteiger partial charge in [0, 0.05) is 24.7 Å². The van der Waals surface area contributed by atoms with Crippen LogP contribution >= 0.6 is 0 Å². The maximum absolute atomic E-state index is 8.92. The molecule has 4 N–H and O–H groups in total. The SMILES string of the molecule is CCN1CCC(CN)(NC(C)CCO)CC1. The predicted molar refractivity (Wildman–Crippen MR) is 67.4 cm³/mol. The number of rotatable bonds is 6. The second kappa shape index (κ2) is 6.55. The Hall–Kier alpha value is -0.160. The number of likely N-dealkylation sites (tertiary alicyclic amines) is 1. The van der Waals surface area contributed by atoms with Gasteiger partial charge in [-0.3, -0.25) is 0 Å². The number of aliphatic hydroxyl groups excluding tert-OH is 1. The van der Waals surface area contributed by atoms with Crippen molar-refractivity contribution in [2.24, 2.45) is 5.73 Å². The van der Waals surface area contributed by atoms with Gasteiger partial charge in [-0.1, -0.05) is 6.92 Å². The van der Waals surface area contributed by atoms with Crippen LogP contribution < -0.4 is 11.1 Å². The Morgan fingerprint density at radius 1 is 1.44 bits per heavy atom. The first kappa shape index (κ1) is 13.9. The maximum atomic E-state index is 8.92. The van der Waals surface area contributed by atoms with Crippen LogP contribution in [0.1, 0.15) is 33.1 Å². The van der Waals surface area contributed by atoms with E-state index in [4.69, 9.17) is 10.8 Å². The van der Waals surface area contributed by atoms with Crippen molar-refractivity contribution < 1.29 is 5.11 Å². The molecule has 1 atom stereocenters. The summed E-state index contributed by atoms with van der Waals surface area (Å²) in [7, 11) is 0. The molecule has 16 heavy (non-hydrogen) atoms. The van der Waals surface area contributed by atoms with E-state index in [0.717, 1.165) is 38.9 Å². The van der Waals surface area contributed by atoms with Gasteiger partial charge in [0.2, 0.25) is 0 Å². The van der Waals surface area contributed by atoms with Gasteiger partial charge in [0.25, 0.3) is 0 Å². The molecule has 1 saturated heterocycles. The van der Waals surface area contributed by atoms with Crippen molar-refractivity contribution in [2.75, 3.05) is 32.8 Å². The fourth-order valence-electron chi connectivity index (χ4n) is 2.49. The van der Waals surface area contributed by atoms with Crippen molar-refractivity contribution in [2.45, 2.75) is 44.7 Å². The summed E-state index contributed by atoms with van der Waals surface area (Å²) < 4.78 is 0. The molecule has 0 amide bonds. The normalized spacial score (nSPS) is 23.2. The third kappa shape index (κ3) is 3.70. The van der Waals surface area contributed by atoms with E-state index in [0.29, 0.717) is 12.6 Å². The number of nitrogens with zero attached hydrogens (tertiary/aromatic N) is 1. The summed E-state index contributed by atoms with van der Waals surface area (Å²) in [5, 5.41) is 12.5. The van der Waals surface area contributed by atoms with Crippen molar-refractivity contribution in [1.29, 1.82) is 0 Å². The van der Waals surface area contributed by atoms with Crippen LogP contribution in [0.4, 0.5) is 0 Å². The van der Waals surface area contributed by atoms with E-state index in [9.17, 15) is 0 Å². The molecule has 4 heteroatoms. The molecule has 0 radical (unpaired) electrons. The van der Waals surface area contributed by atoms with E-state index in [1.165, 1.54) is 0 Å². The van der Waals surface area contributed by atoms with Crippen molar-refractivity contribution in [1.82, 2.24) is 10.2 Å². The molecule has 0 bridgehead atoms. The van der Waals surface area contributed by atoms with Crippen LogP contribution in [0.5, 0.6) is 0 Å². The monoisotopic (exact) mass is 229 g/mol. The molecule has 1 rings (SSSR count). The minimum absolute atomic E-state index is 0.0975. The molecule has 0 saturated carbocycles. The number of hydrogen-bond acceptors (Lipinski definition) is 4. The molecule has 1 unspecified atom stereocenters. The van der Waals surface area contributed by atoms with Gasteiger partial charge < -0.3 is 21.1 Å². The van der Waals surface area contributed by atoms with Gasteiger partial charge in [-0.15, -0.1) is 0 Å². The first-order chi connectivity index (χ1) is 7.65. The van der Waals surface area contributed by atoms with Crippen LogP contribution in [0.3, 0.4) is 0 Å². The van der Waals surface area contributed by atoms with Gasteiger partial charge in [-0.25, -0.2) is 0 Å². The van der Waals surface area contributed by atoms with Gasteiger partial charge in [-0.05, 0) is 45.8 Å². The summed E-state index contributed by atoms with van der Waals surface area (Å²) in [6.45, 7) is 8.67. The van der Waals surface area contributed by atoms with Crippen LogP contribution in [0.15, 0.2) is 0 Å². The minimum Gasteiger partial charge on any atom is -0.396 e. The zero-order valence-corrected chi connectivity index (χ0v) is 10.7. The quantitative estimate of drug-likeness (QED) is 0.607. The lowest BCUT2D eigenvalue weighted by molar-refractivity contribution is 0.129. The third-order valence-corrected chi connectivity index (χ3v) is 3.77. The van der Waals surface area contributed by atoms with Crippen LogP contribution in [-0.4, -0.2) is 54.4 Å². The molecule has 0 aromatic heterocycles. The van der Waals surface area contributed by atoms with Crippen molar-refractivity contribution in [3.63, 3.8) is 0 Å². The highest BCUT2D eigenvalue weighted by atomic mass is 16.3. The maximum Gasteiger partial charge on any atom is 0.0445 e. The Labute approximate surface area is 99.2 Å². The molecule has 1 aliphatic rings. The average molecular weight is 229 g/mol.